The maximum absolute atomic E-state index is 12.4. The van der Waals surface area contributed by atoms with Crippen LogP contribution < -0.4 is 5.32 Å². The van der Waals surface area contributed by atoms with E-state index < -0.39 is 6.29 Å². The molecule has 5 rings (SSSR count). The molecule has 6 heteroatoms. The van der Waals surface area contributed by atoms with Gasteiger partial charge >= 0.3 is 0 Å². The first-order chi connectivity index (χ1) is 18.7. The number of aliphatic hydroxyl groups excluding tert-OH is 1. The number of benzene rings is 4. The van der Waals surface area contributed by atoms with Gasteiger partial charge in [-0.1, -0.05) is 84.9 Å². The molecule has 1 amide bonds. The minimum Gasteiger partial charge on any atom is -0.392 e. The molecule has 0 aromatic heterocycles. The Labute approximate surface area is 227 Å². The van der Waals surface area contributed by atoms with Crippen molar-refractivity contribution in [2.75, 3.05) is 5.75 Å². The molecule has 0 saturated carbocycles. The highest BCUT2D eigenvalue weighted by Crippen LogP contribution is 2.39. The molecule has 0 unspecified atom stereocenters. The van der Waals surface area contributed by atoms with Crippen molar-refractivity contribution in [1.82, 2.24) is 5.32 Å². The summed E-state index contributed by atoms with van der Waals surface area (Å²) in [4.78, 5) is 13.6. The summed E-state index contributed by atoms with van der Waals surface area (Å²) in [5.41, 5.74) is 4.54. The molecule has 0 spiro atoms. The highest BCUT2D eigenvalue weighted by atomic mass is 32.2. The van der Waals surface area contributed by atoms with E-state index in [4.69, 9.17) is 9.47 Å². The van der Waals surface area contributed by atoms with Crippen molar-refractivity contribution < 1.29 is 19.4 Å². The third kappa shape index (κ3) is 6.91. The molecule has 1 fully saturated rings. The fourth-order valence-electron chi connectivity index (χ4n) is 4.40. The normalized spacial score (nSPS) is 19.1. The van der Waals surface area contributed by atoms with Gasteiger partial charge in [0.15, 0.2) is 6.29 Å². The molecule has 4 aromatic carbocycles. The van der Waals surface area contributed by atoms with E-state index in [-0.39, 0.29) is 24.7 Å². The molecule has 3 atom stereocenters. The highest BCUT2D eigenvalue weighted by molar-refractivity contribution is 7.99. The predicted octanol–water partition coefficient (Wildman–Crippen LogP) is 6.45. The van der Waals surface area contributed by atoms with Gasteiger partial charge in [-0.25, -0.2) is 0 Å². The van der Waals surface area contributed by atoms with E-state index in [0.717, 1.165) is 34.4 Å². The number of carbonyl (C=O) groups excluding carboxylic acids is 1. The number of aliphatic hydroxyl groups is 1. The van der Waals surface area contributed by atoms with Gasteiger partial charge in [-0.05, 0) is 41.0 Å². The second-order valence-corrected chi connectivity index (χ2v) is 10.4. The number of thioether (sulfide) groups is 1. The Morgan fingerprint density at radius 3 is 2.11 bits per heavy atom. The summed E-state index contributed by atoms with van der Waals surface area (Å²) in [6.45, 7) is 0.461. The summed E-state index contributed by atoms with van der Waals surface area (Å²) in [6, 6.07) is 35.5. The maximum Gasteiger partial charge on any atom is 0.251 e. The molecule has 5 nitrogen and oxygen atoms in total. The summed E-state index contributed by atoms with van der Waals surface area (Å²) in [5, 5.41) is 12.4. The average molecular weight is 526 g/mol. The lowest BCUT2D eigenvalue weighted by molar-refractivity contribution is -0.245. The molecule has 1 aliphatic rings. The van der Waals surface area contributed by atoms with E-state index in [0.29, 0.717) is 12.1 Å². The van der Waals surface area contributed by atoms with Crippen LogP contribution in [0.25, 0.3) is 0 Å². The molecule has 38 heavy (non-hydrogen) atoms. The largest absolute Gasteiger partial charge is 0.392 e. The van der Waals surface area contributed by atoms with Crippen LogP contribution in [0.2, 0.25) is 0 Å². The Kier molecular flexibility index (Phi) is 8.89. The van der Waals surface area contributed by atoms with Gasteiger partial charge in [0.25, 0.3) is 5.91 Å². The van der Waals surface area contributed by atoms with Crippen LogP contribution in [0, 0.1) is 0 Å². The summed E-state index contributed by atoms with van der Waals surface area (Å²) >= 11 is 1.78. The molecule has 1 aliphatic heterocycles. The van der Waals surface area contributed by atoms with Gasteiger partial charge in [0.1, 0.15) is 0 Å². The Hall–Kier alpha value is -3.42. The number of amides is 1. The van der Waals surface area contributed by atoms with E-state index in [1.807, 2.05) is 84.9 Å². The predicted molar refractivity (Wildman–Crippen MR) is 150 cm³/mol. The molecule has 194 valence electrons. The Morgan fingerprint density at radius 1 is 0.789 bits per heavy atom. The van der Waals surface area contributed by atoms with E-state index >= 15 is 0 Å². The van der Waals surface area contributed by atoms with Crippen molar-refractivity contribution in [3.05, 3.63) is 137 Å². The number of carbonyl (C=O) groups is 1. The van der Waals surface area contributed by atoms with Crippen LogP contribution in [0.1, 0.15) is 51.4 Å². The topological polar surface area (TPSA) is 67.8 Å². The summed E-state index contributed by atoms with van der Waals surface area (Å²) in [7, 11) is 0. The fourth-order valence-corrected chi connectivity index (χ4v) is 5.34. The second kappa shape index (κ2) is 12.9. The third-order valence-corrected chi connectivity index (χ3v) is 7.68. The van der Waals surface area contributed by atoms with E-state index in [1.54, 1.807) is 23.9 Å². The zero-order valence-electron chi connectivity index (χ0n) is 21.0. The van der Waals surface area contributed by atoms with Crippen LogP contribution in [0.5, 0.6) is 0 Å². The Balaban J connectivity index is 1.27. The van der Waals surface area contributed by atoms with Crippen molar-refractivity contribution in [3.63, 3.8) is 0 Å². The Morgan fingerprint density at radius 2 is 1.42 bits per heavy atom. The van der Waals surface area contributed by atoms with E-state index in [2.05, 4.69) is 17.4 Å². The van der Waals surface area contributed by atoms with Crippen LogP contribution in [-0.2, 0) is 22.6 Å². The zero-order chi connectivity index (χ0) is 26.2. The average Bonchev–Trinajstić information content (AvgIpc) is 3.00. The van der Waals surface area contributed by atoms with Crippen LogP contribution in [0.15, 0.2) is 114 Å². The van der Waals surface area contributed by atoms with Gasteiger partial charge in [-0.3, -0.25) is 4.79 Å². The van der Waals surface area contributed by atoms with Crippen LogP contribution >= 0.6 is 11.8 Å². The Bertz CT molecular complexity index is 1300. The second-order valence-electron chi connectivity index (χ2n) is 9.26. The highest BCUT2D eigenvalue weighted by Gasteiger charge is 2.32. The molecule has 1 heterocycles. The number of rotatable bonds is 9. The number of hydrogen-bond acceptors (Lipinski definition) is 5. The van der Waals surface area contributed by atoms with Gasteiger partial charge in [0.05, 0.1) is 18.8 Å². The SMILES string of the molecule is O=C(NCc1ccc([C@H]2O[C@@H](CSc3ccccc3)C[C@@H](c3ccc(CO)cc3)O2)cc1)c1ccccc1. The number of ether oxygens (including phenoxy) is 2. The monoisotopic (exact) mass is 525 g/mol. The smallest absolute Gasteiger partial charge is 0.251 e. The summed E-state index contributed by atoms with van der Waals surface area (Å²) in [5.74, 6) is 0.723. The van der Waals surface area contributed by atoms with Crippen molar-refractivity contribution >= 4 is 17.7 Å². The molecular weight excluding hydrogens is 494 g/mol. The minimum atomic E-state index is -0.499. The van der Waals surface area contributed by atoms with Crippen LogP contribution in [0.3, 0.4) is 0 Å². The van der Waals surface area contributed by atoms with Crippen LogP contribution in [0.4, 0.5) is 0 Å². The van der Waals surface area contributed by atoms with Crippen molar-refractivity contribution in [2.45, 2.75) is 43.0 Å². The van der Waals surface area contributed by atoms with Crippen molar-refractivity contribution in [3.8, 4) is 0 Å². The fraction of sp³-hybridized carbons (Fsp3) is 0.219. The minimum absolute atomic E-state index is 0.00584. The first kappa shape index (κ1) is 26.2. The summed E-state index contributed by atoms with van der Waals surface area (Å²) < 4.78 is 12.9. The lowest BCUT2D eigenvalue weighted by Gasteiger charge is -2.36. The van der Waals surface area contributed by atoms with Crippen molar-refractivity contribution in [1.29, 1.82) is 0 Å². The van der Waals surface area contributed by atoms with E-state index in [9.17, 15) is 9.90 Å². The zero-order valence-corrected chi connectivity index (χ0v) is 21.8. The van der Waals surface area contributed by atoms with Gasteiger partial charge < -0.3 is 19.9 Å². The lowest BCUT2D eigenvalue weighted by atomic mass is 10.0. The molecule has 4 aromatic rings. The standard InChI is InChI=1S/C32H31NO4S/c34-21-24-13-15-25(16-14-24)30-19-28(22-38-29-9-5-2-6-10-29)36-32(37-30)27-17-11-23(12-18-27)20-33-31(35)26-7-3-1-4-8-26/h1-18,28,30,32,34H,19-22H2,(H,33,35)/t28-,30+,32+/m1/s1. The number of nitrogens with one attached hydrogen (secondary N) is 1. The molecule has 0 radical (unpaired) electrons. The maximum atomic E-state index is 12.4. The quantitative estimate of drug-likeness (QED) is 0.246. The van der Waals surface area contributed by atoms with Gasteiger partial charge in [0.2, 0.25) is 0 Å². The first-order valence-corrected chi connectivity index (χ1v) is 13.8. The molecule has 0 bridgehead atoms. The van der Waals surface area contributed by atoms with Gasteiger partial charge in [-0.2, -0.15) is 0 Å². The van der Waals surface area contributed by atoms with Crippen molar-refractivity contribution in [2.24, 2.45) is 0 Å². The lowest BCUT2D eigenvalue weighted by Crippen LogP contribution is -2.31. The molecule has 2 N–H and O–H groups in total. The number of hydrogen-bond donors (Lipinski definition) is 2. The molecular formula is C32H31NO4S. The van der Waals surface area contributed by atoms with Gasteiger partial charge in [0, 0.05) is 34.7 Å². The summed E-state index contributed by atoms with van der Waals surface area (Å²) in [6.07, 6.45) is 0.137. The molecule has 1 saturated heterocycles. The van der Waals surface area contributed by atoms with Crippen LogP contribution in [-0.4, -0.2) is 22.9 Å². The van der Waals surface area contributed by atoms with E-state index in [1.165, 1.54) is 4.90 Å². The van der Waals surface area contributed by atoms with Gasteiger partial charge in [-0.15, -0.1) is 11.8 Å². The molecule has 0 aliphatic carbocycles. The third-order valence-electron chi connectivity index (χ3n) is 6.53. The first-order valence-electron chi connectivity index (χ1n) is 12.8.